The van der Waals surface area contributed by atoms with Crippen molar-refractivity contribution in [3.63, 3.8) is 0 Å². The van der Waals surface area contributed by atoms with Crippen LogP contribution < -0.4 is 15.4 Å². The van der Waals surface area contributed by atoms with Crippen LogP contribution in [0.5, 0.6) is 5.75 Å². The highest BCUT2D eigenvalue weighted by Gasteiger charge is 2.08. The van der Waals surface area contributed by atoms with Gasteiger partial charge in [-0.3, -0.25) is 0 Å². The van der Waals surface area contributed by atoms with Crippen molar-refractivity contribution in [1.82, 2.24) is 0 Å². The summed E-state index contributed by atoms with van der Waals surface area (Å²) < 4.78 is 5.71. The highest BCUT2D eigenvalue weighted by atomic mass is 16.5. The number of anilines is 2. The molecule has 3 heteroatoms. The molecule has 0 aliphatic heterocycles. The number of ether oxygens (including phenoxy) is 1. The van der Waals surface area contributed by atoms with Gasteiger partial charge in [0.15, 0.2) is 0 Å². The van der Waals surface area contributed by atoms with Crippen molar-refractivity contribution in [2.75, 3.05) is 23.7 Å². The average molecular weight is 236 g/mol. The number of benzene rings is 1. The molecule has 96 valence electrons. The molecular weight excluding hydrogens is 212 g/mol. The molecule has 0 amide bonds. The van der Waals surface area contributed by atoms with E-state index >= 15 is 0 Å². The fourth-order valence-corrected chi connectivity index (χ4v) is 1.82. The van der Waals surface area contributed by atoms with Crippen LogP contribution >= 0.6 is 0 Å². The minimum atomic E-state index is 0.147. The molecule has 0 aliphatic rings. The number of hydrogen-bond acceptors (Lipinski definition) is 3. The first-order valence-corrected chi connectivity index (χ1v) is 6.39. The molecule has 0 spiro atoms. The first kappa shape index (κ1) is 13.7. The minimum Gasteiger partial charge on any atom is -0.489 e. The third-order valence-corrected chi connectivity index (χ3v) is 2.60. The van der Waals surface area contributed by atoms with E-state index in [-0.39, 0.29) is 6.10 Å². The summed E-state index contributed by atoms with van der Waals surface area (Å²) in [6, 6.07) is 6.02. The van der Waals surface area contributed by atoms with Crippen molar-refractivity contribution in [2.24, 2.45) is 0 Å². The lowest BCUT2D eigenvalue weighted by atomic mass is 10.2. The maximum Gasteiger partial charge on any atom is 0.144 e. The van der Waals surface area contributed by atoms with E-state index < -0.39 is 0 Å². The van der Waals surface area contributed by atoms with Gasteiger partial charge in [-0.2, -0.15) is 0 Å². The molecular formula is C14H24N2O. The molecule has 0 heterocycles. The fourth-order valence-electron chi connectivity index (χ4n) is 1.82. The number of rotatable bonds is 6. The van der Waals surface area contributed by atoms with Gasteiger partial charge in [0.25, 0.3) is 0 Å². The van der Waals surface area contributed by atoms with Crippen molar-refractivity contribution in [3.05, 3.63) is 18.2 Å². The van der Waals surface area contributed by atoms with E-state index in [2.05, 4.69) is 24.8 Å². The van der Waals surface area contributed by atoms with Gasteiger partial charge in [-0.25, -0.2) is 0 Å². The number of nitrogen functional groups attached to an aromatic ring is 1. The van der Waals surface area contributed by atoms with Crippen LogP contribution in [0.2, 0.25) is 0 Å². The molecule has 0 saturated carbocycles. The van der Waals surface area contributed by atoms with Crippen LogP contribution in [0.1, 0.15) is 34.1 Å². The smallest absolute Gasteiger partial charge is 0.144 e. The molecule has 0 radical (unpaired) electrons. The number of hydrogen-bond donors (Lipinski definition) is 1. The number of nitrogens with two attached hydrogens (primary N) is 1. The highest BCUT2D eigenvalue weighted by Crippen LogP contribution is 2.28. The van der Waals surface area contributed by atoms with E-state index in [1.807, 2.05) is 26.0 Å². The predicted octanol–water partition coefficient (Wildman–Crippen LogP) is 3.29. The molecule has 1 aromatic carbocycles. The largest absolute Gasteiger partial charge is 0.489 e. The van der Waals surface area contributed by atoms with Gasteiger partial charge in [0.05, 0.1) is 11.8 Å². The molecule has 0 aliphatic carbocycles. The first-order valence-electron chi connectivity index (χ1n) is 6.39. The lowest BCUT2D eigenvalue weighted by Crippen LogP contribution is -2.23. The molecule has 1 rings (SSSR count). The van der Waals surface area contributed by atoms with E-state index in [1.54, 1.807) is 0 Å². The second-order valence-corrected chi connectivity index (χ2v) is 4.47. The first-order chi connectivity index (χ1) is 8.08. The highest BCUT2D eigenvalue weighted by molar-refractivity contribution is 5.62. The summed E-state index contributed by atoms with van der Waals surface area (Å²) in [5.41, 5.74) is 7.79. The van der Waals surface area contributed by atoms with Crippen molar-refractivity contribution in [2.45, 2.75) is 40.2 Å². The van der Waals surface area contributed by atoms with E-state index in [0.717, 1.165) is 25.3 Å². The Kier molecular flexibility index (Phi) is 5.13. The molecule has 1 aromatic rings. The molecule has 0 atom stereocenters. The maximum absolute atomic E-state index is 5.91. The van der Waals surface area contributed by atoms with Crippen LogP contribution in [-0.4, -0.2) is 19.2 Å². The Morgan fingerprint density at radius 3 is 2.53 bits per heavy atom. The lowest BCUT2D eigenvalue weighted by Gasteiger charge is -2.24. The summed E-state index contributed by atoms with van der Waals surface area (Å²) in [6.07, 6.45) is 1.28. The van der Waals surface area contributed by atoms with Crippen LogP contribution in [0.3, 0.4) is 0 Å². The third kappa shape index (κ3) is 3.84. The zero-order valence-electron chi connectivity index (χ0n) is 11.4. The molecule has 3 nitrogen and oxygen atoms in total. The summed E-state index contributed by atoms with van der Waals surface area (Å²) in [4.78, 5) is 2.33. The lowest BCUT2D eigenvalue weighted by molar-refractivity contribution is 0.244. The Balaban J connectivity index is 2.93. The van der Waals surface area contributed by atoms with Crippen molar-refractivity contribution in [1.29, 1.82) is 0 Å². The van der Waals surface area contributed by atoms with Crippen LogP contribution in [0.15, 0.2) is 18.2 Å². The summed E-state index contributed by atoms with van der Waals surface area (Å²) in [7, 11) is 0. The molecule has 17 heavy (non-hydrogen) atoms. The van der Waals surface area contributed by atoms with Gasteiger partial charge >= 0.3 is 0 Å². The summed E-state index contributed by atoms with van der Waals surface area (Å²) >= 11 is 0. The molecule has 0 saturated heterocycles. The van der Waals surface area contributed by atoms with Crippen LogP contribution in [-0.2, 0) is 0 Å². The Morgan fingerprint density at radius 2 is 2.00 bits per heavy atom. The monoisotopic (exact) mass is 236 g/mol. The summed E-state index contributed by atoms with van der Waals surface area (Å²) in [5.74, 6) is 0.784. The van der Waals surface area contributed by atoms with Gasteiger partial charge in [0.2, 0.25) is 0 Å². The van der Waals surface area contributed by atoms with Gasteiger partial charge in [0.1, 0.15) is 5.75 Å². The van der Waals surface area contributed by atoms with Gasteiger partial charge in [0, 0.05) is 24.8 Å². The quantitative estimate of drug-likeness (QED) is 0.770. The van der Waals surface area contributed by atoms with Crippen molar-refractivity contribution >= 4 is 11.4 Å². The van der Waals surface area contributed by atoms with Crippen LogP contribution in [0.25, 0.3) is 0 Å². The standard InChI is InChI=1S/C14H24N2O/c1-5-9-16(6-2)12-7-8-13(15)14(10-12)17-11(3)4/h7-8,10-11H,5-6,9,15H2,1-4H3. The van der Waals surface area contributed by atoms with Crippen LogP contribution in [0, 0.1) is 0 Å². The SMILES string of the molecule is CCCN(CC)c1ccc(N)c(OC(C)C)c1. The molecule has 2 N–H and O–H groups in total. The zero-order valence-corrected chi connectivity index (χ0v) is 11.4. The van der Waals surface area contributed by atoms with E-state index in [4.69, 9.17) is 10.5 Å². The van der Waals surface area contributed by atoms with Crippen molar-refractivity contribution in [3.8, 4) is 5.75 Å². The molecule has 0 fully saturated rings. The van der Waals surface area contributed by atoms with Crippen LogP contribution in [0.4, 0.5) is 11.4 Å². The zero-order chi connectivity index (χ0) is 12.8. The van der Waals surface area contributed by atoms with E-state index in [1.165, 1.54) is 5.69 Å². The Labute approximate surface area is 105 Å². The van der Waals surface area contributed by atoms with E-state index in [0.29, 0.717) is 5.69 Å². The normalized spacial score (nSPS) is 10.6. The topological polar surface area (TPSA) is 38.5 Å². The van der Waals surface area contributed by atoms with Gasteiger partial charge in [-0.1, -0.05) is 6.92 Å². The Morgan fingerprint density at radius 1 is 1.29 bits per heavy atom. The number of nitrogens with zero attached hydrogens (tertiary/aromatic N) is 1. The summed E-state index contributed by atoms with van der Waals surface area (Å²) in [6.45, 7) is 10.4. The van der Waals surface area contributed by atoms with Gasteiger partial charge in [-0.05, 0) is 39.3 Å². The molecule has 0 aromatic heterocycles. The molecule has 0 bridgehead atoms. The fraction of sp³-hybridized carbons (Fsp3) is 0.571. The van der Waals surface area contributed by atoms with Gasteiger partial charge in [-0.15, -0.1) is 0 Å². The minimum absolute atomic E-state index is 0.147. The second-order valence-electron chi connectivity index (χ2n) is 4.47. The summed E-state index contributed by atoms with van der Waals surface area (Å²) in [5, 5.41) is 0. The average Bonchev–Trinajstić information content (AvgIpc) is 2.28. The molecule has 0 unspecified atom stereocenters. The Bertz CT molecular complexity index is 350. The third-order valence-electron chi connectivity index (χ3n) is 2.60. The maximum atomic E-state index is 5.91. The second kappa shape index (κ2) is 6.38. The predicted molar refractivity (Wildman–Crippen MR) is 74.8 cm³/mol. The van der Waals surface area contributed by atoms with Crippen molar-refractivity contribution < 1.29 is 4.74 Å². The van der Waals surface area contributed by atoms with E-state index in [9.17, 15) is 0 Å². The van der Waals surface area contributed by atoms with Gasteiger partial charge < -0.3 is 15.4 Å². The Hall–Kier alpha value is -1.38.